The van der Waals surface area contributed by atoms with Crippen molar-refractivity contribution in [2.75, 3.05) is 0 Å². The molecule has 0 aliphatic heterocycles. The Morgan fingerprint density at radius 2 is 1.00 bits per heavy atom. The van der Waals surface area contributed by atoms with E-state index in [2.05, 4.69) is 0 Å². The van der Waals surface area contributed by atoms with Gasteiger partial charge in [-0.15, -0.1) is 0 Å². The van der Waals surface area contributed by atoms with Gasteiger partial charge in [-0.2, -0.15) is 0 Å². The normalized spacial score (nSPS) is 14.3. The summed E-state index contributed by atoms with van der Waals surface area (Å²) in [5.74, 6) is -3.33. The van der Waals surface area contributed by atoms with Crippen LogP contribution in [0.1, 0.15) is 27.7 Å². The second kappa shape index (κ2) is 9.06. The van der Waals surface area contributed by atoms with E-state index in [1.165, 1.54) is 27.7 Å². The molecule has 2 unspecified atom stereocenters. The quantitative estimate of drug-likeness (QED) is 0.377. The SMILES string of the molecule is CC(C)(O)C(O)C(=O)[O-].CC(C)(O)C(O)C(=O)[O-].[Ca+2]. The first-order valence-corrected chi connectivity index (χ1v) is 4.93. The molecular weight excluding hydrogens is 288 g/mol. The molecule has 0 saturated heterocycles. The third kappa shape index (κ3) is 11.6. The van der Waals surface area contributed by atoms with Crippen LogP contribution in [0.2, 0.25) is 0 Å². The number of carbonyl (C=O) groups is 2. The van der Waals surface area contributed by atoms with Crippen LogP contribution < -0.4 is 10.2 Å². The summed E-state index contributed by atoms with van der Waals surface area (Å²) in [6.07, 6.45) is -3.64. The maximum atomic E-state index is 9.82. The molecule has 9 heteroatoms. The Bertz CT molecular complexity index is 261. The third-order valence-electron chi connectivity index (χ3n) is 1.78. The second-order valence-electron chi connectivity index (χ2n) is 4.75. The fourth-order valence-corrected chi connectivity index (χ4v) is 0.577. The molecule has 0 amide bonds. The number of aliphatic carboxylic acids is 2. The van der Waals surface area contributed by atoms with Gasteiger partial charge in [0, 0.05) is 0 Å². The van der Waals surface area contributed by atoms with Crippen LogP contribution in [0.25, 0.3) is 0 Å². The molecule has 0 aliphatic rings. The Morgan fingerprint density at radius 1 is 0.842 bits per heavy atom. The molecule has 0 aromatic carbocycles. The van der Waals surface area contributed by atoms with Gasteiger partial charge in [0.15, 0.2) is 0 Å². The van der Waals surface area contributed by atoms with Crippen LogP contribution >= 0.6 is 0 Å². The van der Waals surface area contributed by atoms with Crippen molar-refractivity contribution in [3.05, 3.63) is 0 Å². The van der Waals surface area contributed by atoms with Crippen molar-refractivity contribution < 1.29 is 40.2 Å². The van der Waals surface area contributed by atoms with Gasteiger partial charge in [-0.05, 0) is 27.7 Å². The van der Waals surface area contributed by atoms with Gasteiger partial charge in [-0.1, -0.05) is 0 Å². The molecule has 19 heavy (non-hydrogen) atoms. The Labute approximate surface area is 140 Å². The van der Waals surface area contributed by atoms with Crippen molar-refractivity contribution in [2.24, 2.45) is 0 Å². The molecule has 0 radical (unpaired) electrons. The van der Waals surface area contributed by atoms with Crippen LogP contribution in [0.4, 0.5) is 0 Å². The number of carboxylic acid groups (broad SMARTS) is 2. The number of carboxylic acids is 2. The topological polar surface area (TPSA) is 161 Å². The minimum absolute atomic E-state index is 0. The maximum absolute atomic E-state index is 9.82. The summed E-state index contributed by atoms with van der Waals surface area (Å²) in [7, 11) is 0. The molecule has 0 aromatic heterocycles. The number of hydrogen-bond acceptors (Lipinski definition) is 8. The zero-order valence-electron chi connectivity index (χ0n) is 11.3. The molecule has 0 aromatic rings. The Hall–Kier alpha value is 0.0397. The number of rotatable bonds is 4. The smallest absolute Gasteiger partial charge is 0.547 e. The second-order valence-corrected chi connectivity index (χ2v) is 4.75. The van der Waals surface area contributed by atoms with E-state index in [-0.39, 0.29) is 37.7 Å². The number of hydrogen-bond donors (Lipinski definition) is 4. The standard InChI is InChI=1S/2C5H10O4.Ca/c2*1-5(2,9)3(6)4(7)8;/h2*3,6,9H,1-2H3,(H,7,8);/q;;+2/p-2. The van der Waals surface area contributed by atoms with Gasteiger partial charge in [-0.25, -0.2) is 0 Å². The molecule has 2 atom stereocenters. The van der Waals surface area contributed by atoms with Crippen molar-refractivity contribution in [3.63, 3.8) is 0 Å². The summed E-state index contributed by atoms with van der Waals surface area (Å²) in [5, 5.41) is 54.3. The van der Waals surface area contributed by atoms with E-state index in [1.54, 1.807) is 0 Å². The first-order chi connectivity index (χ1) is 7.71. The molecule has 0 fully saturated rings. The van der Waals surface area contributed by atoms with Gasteiger partial charge in [-0.3, -0.25) is 0 Å². The van der Waals surface area contributed by atoms with E-state index in [4.69, 9.17) is 20.4 Å². The molecule has 0 aliphatic carbocycles. The van der Waals surface area contributed by atoms with E-state index in [0.29, 0.717) is 0 Å². The molecule has 0 rings (SSSR count). The van der Waals surface area contributed by atoms with E-state index >= 15 is 0 Å². The number of carbonyl (C=O) groups excluding carboxylic acids is 2. The number of aliphatic hydroxyl groups excluding tert-OH is 2. The zero-order valence-corrected chi connectivity index (χ0v) is 13.5. The van der Waals surface area contributed by atoms with Gasteiger partial charge in [0.25, 0.3) is 0 Å². The Morgan fingerprint density at radius 3 is 1.00 bits per heavy atom. The first-order valence-electron chi connectivity index (χ1n) is 4.93. The molecular formula is C10H18CaO8. The summed E-state index contributed by atoms with van der Waals surface area (Å²) < 4.78 is 0. The van der Waals surface area contributed by atoms with Gasteiger partial charge in [0.1, 0.15) is 12.2 Å². The minimum atomic E-state index is -1.82. The van der Waals surface area contributed by atoms with Crippen molar-refractivity contribution in [3.8, 4) is 0 Å². The molecule has 108 valence electrons. The van der Waals surface area contributed by atoms with E-state index in [0.717, 1.165) is 0 Å². The zero-order chi connectivity index (χ0) is 15.3. The van der Waals surface area contributed by atoms with Crippen LogP contribution in [-0.4, -0.2) is 93.5 Å². The van der Waals surface area contributed by atoms with Crippen LogP contribution in [0.5, 0.6) is 0 Å². The predicted octanol–water partition coefficient (Wildman–Crippen LogP) is -4.64. The van der Waals surface area contributed by atoms with E-state index in [1.807, 2.05) is 0 Å². The average molecular weight is 306 g/mol. The van der Waals surface area contributed by atoms with Crippen molar-refractivity contribution in [1.29, 1.82) is 0 Å². The maximum Gasteiger partial charge on any atom is 2.00 e. The minimum Gasteiger partial charge on any atom is -0.547 e. The molecule has 0 heterocycles. The van der Waals surface area contributed by atoms with Gasteiger partial charge < -0.3 is 40.2 Å². The summed E-state index contributed by atoms with van der Waals surface area (Å²) >= 11 is 0. The van der Waals surface area contributed by atoms with Gasteiger partial charge in [0.2, 0.25) is 0 Å². The van der Waals surface area contributed by atoms with Crippen LogP contribution in [0.3, 0.4) is 0 Å². The Balaban J connectivity index is -0.000000256. The van der Waals surface area contributed by atoms with Crippen molar-refractivity contribution in [1.82, 2.24) is 0 Å². The Kier molecular flexibility index (Phi) is 11.5. The monoisotopic (exact) mass is 306 g/mol. The first kappa shape index (κ1) is 24.1. The molecule has 0 saturated carbocycles. The van der Waals surface area contributed by atoms with Gasteiger partial charge in [0.05, 0.1) is 23.1 Å². The molecule has 0 spiro atoms. The van der Waals surface area contributed by atoms with Crippen molar-refractivity contribution >= 4 is 49.7 Å². The van der Waals surface area contributed by atoms with Gasteiger partial charge >= 0.3 is 37.7 Å². The van der Waals surface area contributed by atoms with Crippen LogP contribution in [0, 0.1) is 0 Å². The summed E-state index contributed by atoms with van der Waals surface area (Å²) in [6, 6.07) is 0. The fraction of sp³-hybridized carbons (Fsp3) is 0.800. The van der Waals surface area contributed by atoms with E-state index in [9.17, 15) is 19.8 Å². The van der Waals surface area contributed by atoms with Crippen LogP contribution in [0.15, 0.2) is 0 Å². The fourth-order valence-electron chi connectivity index (χ4n) is 0.577. The number of aliphatic hydroxyl groups is 4. The van der Waals surface area contributed by atoms with Crippen molar-refractivity contribution in [2.45, 2.75) is 51.1 Å². The largest absolute Gasteiger partial charge is 2.00 e. The van der Waals surface area contributed by atoms with E-state index < -0.39 is 35.3 Å². The molecule has 8 nitrogen and oxygen atoms in total. The average Bonchev–Trinajstić information content (AvgIpc) is 2.13. The third-order valence-corrected chi connectivity index (χ3v) is 1.78. The summed E-state index contributed by atoms with van der Waals surface area (Å²) in [6.45, 7) is 4.75. The molecule has 0 bridgehead atoms. The summed E-state index contributed by atoms with van der Waals surface area (Å²) in [4.78, 5) is 19.6. The molecule has 4 N–H and O–H groups in total. The summed E-state index contributed by atoms with van der Waals surface area (Å²) in [5.41, 5.74) is -3.25. The predicted molar refractivity (Wildman–Crippen MR) is 60.4 cm³/mol. The van der Waals surface area contributed by atoms with Crippen LogP contribution in [-0.2, 0) is 9.59 Å².